The van der Waals surface area contributed by atoms with Crippen LogP contribution < -0.4 is 10.6 Å². The molecule has 3 N–H and O–H groups in total. The first kappa shape index (κ1) is 14.3. The van der Waals surface area contributed by atoms with Crippen molar-refractivity contribution in [2.75, 3.05) is 17.2 Å². The molecule has 0 aliphatic heterocycles. The van der Waals surface area contributed by atoms with Gasteiger partial charge in [-0.2, -0.15) is 0 Å². The quantitative estimate of drug-likeness (QED) is 0.445. The van der Waals surface area contributed by atoms with Gasteiger partial charge in [0.1, 0.15) is 5.75 Å². The molecule has 0 atom stereocenters. The van der Waals surface area contributed by atoms with E-state index < -0.39 is 4.92 Å². The normalized spacial score (nSPS) is 9.90. The number of amides is 1. The minimum atomic E-state index is -0.623. The fraction of sp³-hybridized carbons (Fsp3) is 0.0714. The van der Waals surface area contributed by atoms with Crippen molar-refractivity contribution in [3.8, 4) is 5.75 Å². The van der Waals surface area contributed by atoms with Gasteiger partial charge in [0.25, 0.3) is 5.69 Å². The molecule has 7 heteroatoms. The monoisotopic (exact) mass is 287 g/mol. The lowest BCUT2D eigenvalue weighted by atomic mass is 10.2. The van der Waals surface area contributed by atoms with Crippen molar-refractivity contribution in [2.45, 2.75) is 0 Å². The number of phenolic OH excluding ortho intramolecular Hbond substituents is 1. The second kappa shape index (κ2) is 6.38. The third kappa shape index (κ3) is 3.93. The fourth-order valence-electron chi connectivity index (χ4n) is 1.67. The maximum absolute atomic E-state index is 11.7. The van der Waals surface area contributed by atoms with E-state index in [2.05, 4.69) is 10.6 Å². The van der Waals surface area contributed by atoms with Crippen LogP contribution in [0.1, 0.15) is 0 Å². The smallest absolute Gasteiger partial charge is 0.273 e. The molecule has 0 saturated heterocycles. The molecule has 0 spiro atoms. The number of phenols is 1. The van der Waals surface area contributed by atoms with Crippen LogP contribution in [0.15, 0.2) is 48.5 Å². The first-order valence-corrected chi connectivity index (χ1v) is 6.12. The van der Waals surface area contributed by atoms with Crippen LogP contribution >= 0.6 is 0 Å². The number of nitro benzene ring substituents is 1. The highest BCUT2D eigenvalue weighted by atomic mass is 16.6. The largest absolute Gasteiger partial charge is 0.506 e. The summed E-state index contributed by atoms with van der Waals surface area (Å²) in [4.78, 5) is 21.7. The second-order valence-corrected chi connectivity index (χ2v) is 4.23. The summed E-state index contributed by atoms with van der Waals surface area (Å²) in [5.74, 6) is -0.722. The number of non-ortho nitro benzene ring substituents is 1. The van der Waals surface area contributed by atoms with Gasteiger partial charge in [0.05, 0.1) is 23.2 Å². The van der Waals surface area contributed by atoms with Crippen LogP contribution in [0.2, 0.25) is 0 Å². The molecule has 0 aliphatic carbocycles. The van der Waals surface area contributed by atoms with Gasteiger partial charge >= 0.3 is 0 Å². The summed E-state index contributed by atoms with van der Waals surface area (Å²) >= 11 is 0. The minimum Gasteiger partial charge on any atom is -0.506 e. The highest BCUT2D eigenvalue weighted by Crippen LogP contribution is 2.27. The van der Waals surface area contributed by atoms with Gasteiger partial charge in [-0.1, -0.05) is 18.2 Å². The van der Waals surface area contributed by atoms with Crippen LogP contribution in [0, 0.1) is 10.1 Å². The summed E-state index contributed by atoms with van der Waals surface area (Å²) in [6.45, 7) is 0.0143. The SMILES string of the molecule is O=C(CNc1ccccc1)Nc1ccc([N+](=O)[O-])cc1O. The molecule has 0 fully saturated rings. The Balaban J connectivity index is 1.95. The van der Waals surface area contributed by atoms with Crippen LogP contribution in [0.25, 0.3) is 0 Å². The predicted octanol–water partition coefficient (Wildman–Crippen LogP) is 2.35. The number of nitrogens with one attached hydrogen (secondary N) is 2. The van der Waals surface area contributed by atoms with Crippen molar-refractivity contribution in [1.29, 1.82) is 0 Å². The van der Waals surface area contributed by atoms with Crippen molar-refractivity contribution >= 4 is 23.0 Å². The van der Waals surface area contributed by atoms with Crippen LogP contribution in [-0.2, 0) is 4.79 Å². The van der Waals surface area contributed by atoms with Gasteiger partial charge in [0.15, 0.2) is 0 Å². The van der Waals surface area contributed by atoms with Crippen molar-refractivity contribution < 1.29 is 14.8 Å². The van der Waals surface area contributed by atoms with Crippen LogP contribution in [-0.4, -0.2) is 22.5 Å². The molecule has 21 heavy (non-hydrogen) atoms. The number of aromatic hydroxyl groups is 1. The zero-order chi connectivity index (χ0) is 15.2. The van der Waals surface area contributed by atoms with Gasteiger partial charge in [0.2, 0.25) is 5.91 Å². The molecule has 0 aromatic heterocycles. The summed E-state index contributed by atoms with van der Waals surface area (Å²) in [6.07, 6.45) is 0. The standard InChI is InChI=1S/C14H13N3O4/c18-13-8-11(17(20)21)6-7-12(13)16-14(19)9-15-10-4-2-1-3-5-10/h1-8,15,18H,9H2,(H,16,19). The summed E-state index contributed by atoms with van der Waals surface area (Å²) in [5, 5.41) is 25.6. The Morgan fingerprint density at radius 1 is 1.19 bits per heavy atom. The van der Waals surface area contributed by atoms with Gasteiger partial charge < -0.3 is 15.7 Å². The number of anilines is 2. The Labute approximate surface area is 120 Å². The lowest BCUT2D eigenvalue weighted by Gasteiger charge is -2.08. The first-order chi connectivity index (χ1) is 10.1. The van der Waals surface area contributed by atoms with Crippen LogP contribution in [0.3, 0.4) is 0 Å². The lowest BCUT2D eigenvalue weighted by molar-refractivity contribution is -0.384. The molecule has 0 heterocycles. The van der Waals surface area contributed by atoms with Crippen LogP contribution in [0.5, 0.6) is 5.75 Å². The lowest BCUT2D eigenvalue weighted by Crippen LogP contribution is -2.21. The maximum Gasteiger partial charge on any atom is 0.273 e. The van der Waals surface area contributed by atoms with Gasteiger partial charge in [0, 0.05) is 11.8 Å². The highest BCUT2D eigenvalue weighted by molar-refractivity contribution is 5.95. The number of rotatable bonds is 5. The van der Waals surface area contributed by atoms with Crippen molar-refractivity contribution in [2.24, 2.45) is 0 Å². The summed E-state index contributed by atoms with van der Waals surface area (Å²) in [5.41, 5.74) is 0.675. The van der Waals surface area contributed by atoms with E-state index in [-0.39, 0.29) is 29.6 Å². The van der Waals surface area contributed by atoms with Crippen molar-refractivity contribution in [3.05, 3.63) is 58.6 Å². The Morgan fingerprint density at radius 3 is 2.52 bits per heavy atom. The third-order valence-electron chi connectivity index (χ3n) is 2.69. The minimum absolute atomic E-state index is 0.0143. The number of carbonyl (C=O) groups excluding carboxylic acids is 1. The molecule has 2 rings (SSSR count). The molecule has 0 saturated carbocycles. The highest BCUT2D eigenvalue weighted by Gasteiger charge is 2.11. The average Bonchev–Trinajstić information content (AvgIpc) is 2.48. The number of benzene rings is 2. The molecule has 0 unspecified atom stereocenters. The Bertz CT molecular complexity index is 659. The summed E-state index contributed by atoms with van der Waals surface area (Å²) in [7, 11) is 0. The van der Waals surface area contributed by atoms with Crippen molar-refractivity contribution in [1.82, 2.24) is 0 Å². The number of para-hydroxylation sites is 1. The Morgan fingerprint density at radius 2 is 1.90 bits per heavy atom. The second-order valence-electron chi connectivity index (χ2n) is 4.23. The van der Waals surface area contributed by atoms with E-state index in [4.69, 9.17) is 0 Å². The van der Waals surface area contributed by atoms with Crippen LogP contribution in [0.4, 0.5) is 17.1 Å². The average molecular weight is 287 g/mol. The molecular weight excluding hydrogens is 274 g/mol. The number of carbonyl (C=O) groups is 1. The number of hydrogen-bond acceptors (Lipinski definition) is 5. The summed E-state index contributed by atoms with van der Waals surface area (Å²) < 4.78 is 0. The van der Waals surface area contributed by atoms with E-state index in [0.717, 1.165) is 11.8 Å². The third-order valence-corrected chi connectivity index (χ3v) is 2.69. The van der Waals surface area contributed by atoms with E-state index in [1.165, 1.54) is 12.1 Å². The molecular formula is C14H13N3O4. The molecule has 1 amide bonds. The summed E-state index contributed by atoms with van der Waals surface area (Å²) in [6, 6.07) is 12.6. The van der Waals surface area contributed by atoms with E-state index in [1.54, 1.807) is 0 Å². The van der Waals surface area contributed by atoms with E-state index >= 15 is 0 Å². The predicted molar refractivity (Wildman–Crippen MR) is 78.3 cm³/mol. The molecule has 0 bridgehead atoms. The Hall–Kier alpha value is -3.09. The number of nitrogens with zero attached hydrogens (tertiary/aromatic N) is 1. The van der Waals surface area contributed by atoms with E-state index in [1.807, 2.05) is 30.3 Å². The Kier molecular flexibility index (Phi) is 4.35. The van der Waals surface area contributed by atoms with E-state index in [9.17, 15) is 20.0 Å². The van der Waals surface area contributed by atoms with Gasteiger partial charge in [-0.15, -0.1) is 0 Å². The van der Waals surface area contributed by atoms with Gasteiger partial charge in [-0.05, 0) is 18.2 Å². The maximum atomic E-state index is 11.7. The van der Waals surface area contributed by atoms with E-state index in [0.29, 0.717) is 0 Å². The van der Waals surface area contributed by atoms with Gasteiger partial charge in [-0.3, -0.25) is 14.9 Å². The van der Waals surface area contributed by atoms with Crippen molar-refractivity contribution in [3.63, 3.8) is 0 Å². The molecule has 2 aromatic carbocycles. The fourth-order valence-corrected chi connectivity index (χ4v) is 1.67. The topological polar surface area (TPSA) is 104 Å². The number of nitro groups is 1. The first-order valence-electron chi connectivity index (χ1n) is 6.12. The molecule has 2 aromatic rings. The molecule has 0 radical (unpaired) electrons. The molecule has 7 nitrogen and oxygen atoms in total. The zero-order valence-electron chi connectivity index (χ0n) is 10.9. The zero-order valence-corrected chi connectivity index (χ0v) is 10.9. The molecule has 0 aliphatic rings. The van der Waals surface area contributed by atoms with Gasteiger partial charge in [-0.25, -0.2) is 0 Å². The number of hydrogen-bond donors (Lipinski definition) is 3. The molecule has 108 valence electrons.